The van der Waals surface area contributed by atoms with Crippen LogP contribution < -0.4 is 21.7 Å². The Bertz CT molecular complexity index is 796. The maximum atomic E-state index is 12.7. The van der Waals surface area contributed by atoms with Crippen LogP contribution in [-0.4, -0.2) is 42.0 Å². The van der Waals surface area contributed by atoms with Crippen LogP contribution in [0.2, 0.25) is 0 Å². The van der Waals surface area contributed by atoms with Crippen molar-refractivity contribution >= 4 is 17.8 Å². The Morgan fingerprint density at radius 2 is 1.86 bits per heavy atom. The lowest BCUT2D eigenvalue weighted by Crippen LogP contribution is -2.56. The van der Waals surface area contributed by atoms with Gasteiger partial charge in [0, 0.05) is 24.7 Å². The molecule has 1 aliphatic carbocycles. The first-order valence-electron chi connectivity index (χ1n) is 9.77. The summed E-state index contributed by atoms with van der Waals surface area (Å²) in [6.45, 7) is 6.36. The van der Waals surface area contributed by atoms with Crippen LogP contribution in [0.4, 0.5) is 4.79 Å². The minimum atomic E-state index is -0.753. The third-order valence-electron chi connectivity index (χ3n) is 5.40. The highest BCUT2D eigenvalue weighted by Gasteiger charge is 2.37. The standard InChI is InChI=1S/C20H30N6O3/c1-19(2,3)15(26-18(22)29)17(28)25-12-20(6-4-5-7-20)11-24-16(27)14-8-13(9-21)10-23-14/h8,10,15,23H,4-7,11-12H2,1-3H3,(H,24,27)(H,25,28)(H3,22,26,29). The van der Waals surface area contributed by atoms with E-state index in [-0.39, 0.29) is 17.2 Å². The second kappa shape index (κ2) is 8.99. The van der Waals surface area contributed by atoms with Crippen LogP contribution in [0.15, 0.2) is 12.3 Å². The van der Waals surface area contributed by atoms with Crippen molar-refractivity contribution in [3.63, 3.8) is 0 Å². The van der Waals surface area contributed by atoms with Gasteiger partial charge in [0.25, 0.3) is 5.91 Å². The molecule has 1 aliphatic rings. The number of H-pyrrole nitrogens is 1. The predicted molar refractivity (Wildman–Crippen MR) is 108 cm³/mol. The van der Waals surface area contributed by atoms with Crippen molar-refractivity contribution in [1.29, 1.82) is 5.26 Å². The van der Waals surface area contributed by atoms with Crippen LogP contribution in [0.5, 0.6) is 0 Å². The van der Waals surface area contributed by atoms with E-state index in [0.717, 1.165) is 25.7 Å². The van der Waals surface area contributed by atoms with Crippen molar-refractivity contribution in [3.8, 4) is 6.07 Å². The summed E-state index contributed by atoms with van der Waals surface area (Å²) in [5.41, 5.74) is 5.20. The Morgan fingerprint density at radius 1 is 1.24 bits per heavy atom. The SMILES string of the molecule is CC(C)(C)C(NC(N)=O)C(=O)NCC1(CNC(=O)c2cc(C#N)c[nH]2)CCCC1. The van der Waals surface area contributed by atoms with Crippen LogP contribution in [0.3, 0.4) is 0 Å². The van der Waals surface area contributed by atoms with Gasteiger partial charge in [-0.1, -0.05) is 33.6 Å². The van der Waals surface area contributed by atoms with E-state index in [1.807, 2.05) is 26.8 Å². The predicted octanol–water partition coefficient (Wildman–Crippen LogP) is 1.38. The van der Waals surface area contributed by atoms with E-state index in [1.54, 1.807) is 0 Å². The first-order valence-corrected chi connectivity index (χ1v) is 9.77. The van der Waals surface area contributed by atoms with Gasteiger partial charge < -0.3 is 26.7 Å². The number of hydrogen-bond donors (Lipinski definition) is 5. The highest BCUT2D eigenvalue weighted by Crippen LogP contribution is 2.37. The van der Waals surface area contributed by atoms with E-state index in [4.69, 9.17) is 11.0 Å². The fourth-order valence-corrected chi connectivity index (χ4v) is 3.69. The Kier molecular flexibility index (Phi) is 6.90. The second-order valence-electron chi connectivity index (χ2n) is 8.83. The normalized spacial score (nSPS) is 16.5. The summed E-state index contributed by atoms with van der Waals surface area (Å²) in [7, 11) is 0. The minimum Gasteiger partial charge on any atom is -0.356 e. The fourth-order valence-electron chi connectivity index (χ4n) is 3.69. The minimum absolute atomic E-state index is 0.245. The largest absolute Gasteiger partial charge is 0.356 e. The van der Waals surface area contributed by atoms with E-state index >= 15 is 0 Å². The maximum absolute atomic E-state index is 12.7. The van der Waals surface area contributed by atoms with Crippen molar-refractivity contribution < 1.29 is 14.4 Å². The summed E-state index contributed by atoms with van der Waals surface area (Å²) in [5.74, 6) is -0.580. The molecule has 29 heavy (non-hydrogen) atoms. The summed E-state index contributed by atoms with van der Waals surface area (Å²) < 4.78 is 0. The van der Waals surface area contributed by atoms with Crippen molar-refractivity contribution in [2.45, 2.75) is 52.5 Å². The van der Waals surface area contributed by atoms with E-state index in [1.165, 1.54) is 12.3 Å². The quantitative estimate of drug-likeness (QED) is 0.467. The van der Waals surface area contributed by atoms with Crippen molar-refractivity contribution in [3.05, 3.63) is 23.5 Å². The van der Waals surface area contributed by atoms with Gasteiger partial charge in [-0.2, -0.15) is 5.26 Å². The monoisotopic (exact) mass is 402 g/mol. The number of carbonyl (C=O) groups excluding carboxylic acids is 3. The fraction of sp³-hybridized carbons (Fsp3) is 0.600. The Hall–Kier alpha value is -3.02. The van der Waals surface area contributed by atoms with Crippen LogP contribution in [0.25, 0.3) is 0 Å². The molecule has 1 heterocycles. The van der Waals surface area contributed by atoms with Crippen LogP contribution in [-0.2, 0) is 4.79 Å². The first kappa shape index (κ1) is 22.3. The number of nitrogens with one attached hydrogen (secondary N) is 4. The molecule has 0 aromatic carbocycles. The summed E-state index contributed by atoms with van der Waals surface area (Å²) in [6, 6.07) is 1.98. The summed E-state index contributed by atoms with van der Waals surface area (Å²) in [4.78, 5) is 39.2. The zero-order valence-corrected chi connectivity index (χ0v) is 17.2. The van der Waals surface area contributed by atoms with Crippen LogP contribution in [0, 0.1) is 22.2 Å². The molecule has 0 aliphatic heterocycles. The molecule has 1 atom stereocenters. The number of aromatic nitrogens is 1. The van der Waals surface area contributed by atoms with E-state index in [9.17, 15) is 14.4 Å². The van der Waals surface area contributed by atoms with Crippen molar-refractivity contribution in [2.75, 3.05) is 13.1 Å². The van der Waals surface area contributed by atoms with Crippen molar-refractivity contribution in [2.24, 2.45) is 16.6 Å². The molecule has 158 valence electrons. The molecule has 0 spiro atoms. The maximum Gasteiger partial charge on any atom is 0.312 e. The first-order chi connectivity index (χ1) is 13.6. The van der Waals surface area contributed by atoms with Gasteiger partial charge in [-0.25, -0.2) is 4.79 Å². The Balaban J connectivity index is 1.99. The molecular formula is C20H30N6O3. The van der Waals surface area contributed by atoms with Gasteiger partial charge in [0.1, 0.15) is 17.8 Å². The van der Waals surface area contributed by atoms with Gasteiger partial charge in [0.2, 0.25) is 5.91 Å². The van der Waals surface area contributed by atoms with Gasteiger partial charge in [0.15, 0.2) is 0 Å². The lowest BCUT2D eigenvalue weighted by Gasteiger charge is -2.33. The molecule has 1 aromatic rings. The Morgan fingerprint density at radius 3 is 2.38 bits per heavy atom. The van der Waals surface area contributed by atoms with Gasteiger partial charge in [-0.3, -0.25) is 9.59 Å². The molecule has 1 unspecified atom stereocenters. The Labute approximate surface area is 170 Å². The number of nitrogens with zero attached hydrogens (tertiary/aromatic N) is 1. The molecule has 1 fully saturated rings. The second-order valence-corrected chi connectivity index (χ2v) is 8.83. The number of amides is 4. The van der Waals surface area contributed by atoms with Gasteiger partial charge in [-0.15, -0.1) is 0 Å². The molecule has 0 bridgehead atoms. The summed E-state index contributed by atoms with van der Waals surface area (Å²) in [5, 5.41) is 17.2. The van der Waals surface area contributed by atoms with Crippen molar-refractivity contribution in [1.82, 2.24) is 20.9 Å². The molecule has 9 nitrogen and oxygen atoms in total. The van der Waals surface area contributed by atoms with Gasteiger partial charge in [-0.05, 0) is 24.3 Å². The number of nitrogens with two attached hydrogens (primary N) is 1. The van der Waals surface area contributed by atoms with Gasteiger partial charge >= 0.3 is 6.03 Å². The number of urea groups is 1. The smallest absolute Gasteiger partial charge is 0.312 e. The molecule has 4 amide bonds. The summed E-state index contributed by atoms with van der Waals surface area (Å²) >= 11 is 0. The van der Waals surface area contributed by atoms with Gasteiger partial charge in [0.05, 0.1) is 5.56 Å². The zero-order valence-electron chi connectivity index (χ0n) is 17.2. The molecule has 2 rings (SSSR count). The van der Waals surface area contributed by atoms with E-state index in [2.05, 4.69) is 20.9 Å². The van der Waals surface area contributed by atoms with Crippen LogP contribution >= 0.6 is 0 Å². The number of aromatic amines is 1. The van der Waals surface area contributed by atoms with Crippen LogP contribution in [0.1, 0.15) is 62.5 Å². The number of carbonyl (C=O) groups is 3. The number of primary amides is 1. The van der Waals surface area contributed by atoms with E-state index in [0.29, 0.717) is 24.3 Å². The average Bonchev–Trinajstić information content (AvgIpc) is 3.31. The highest BCUT2D eigenvalue weighted by molar-refractivity contribution is 5.92. The number of rotatable bonds is 7. The molecular weight excluding hydrogens is 372 g/mol. The number of nitriles is 1. The molecule has 1 saturated carbocycles. The highest BCUT2D eigenvalue weighted by atomic mass is 16.2. The molecule has 6 N–H and O–H groups in total. The summed E-state index contributed by atoms with van der Waals surface area (Å²) in [6.07, 6.45) is 5.29. The molecule has 9 heteroatoms. The lowest BCUT2D eigenvalue weighted by molar-refractivity contribution is -0.125. The van der Waals surface area contributed by atoms with E-state index < -0.39 is 17.5 Å². The number of hydrogen-bond acceptors (Lipinski definition) is 4. The zero-order chi connectivity index (χ0) is 21.7. The average molecular weight is 402 g/mol. The lowest BCUT2D eigenvalue weighted by atomic mass is 9.84. The third-order valence-corrected chi connectivity index (χ3v) is 5.40. The third kappa shape index (κ3) is 5.98. The topological polar surface area (TPSA) is 153 Å². The molecule has 1 aromatic heterocycles. The molecule has 0 radical (unpaired) electrons. The molecule has 0 saturated heterocycles.